The maximum Gasteiger partial charge on any atom is 0.272 e. The quantitative estimate of drug-likeness (QED) is 0.290. The van der Waals surface area contributed by atoms with E-state index in [-0.39, 0.29) is 11.6 Å². The third-order valence-corrected chi connectivity index (χ3v) is 5.61. The Bertz CT molecular complexity index is 1350. The minimum absolute atomic E-state index is 0.0790. The lowest BCUT2D eigenvalue weighted by Gasteiger charge is -2.21. The Hall–Kier alpha value is -4.26. The van der Waals surface area contributed by atoms with Gasteiger partial charge < -0.3 is 10.0 Å². The second kappa shape index (κ2) is 10.1. The van der Waals surface area contributed by atoms with Crippen molar-refractivity contribution >= 4 is 28.7 Å². The number of nitrogens with one attached hydrogen (secondary N) is 1. The smallest absolute Gasteiger partial charge is 0.272 e. The van der Waals surface area contributed by atoms with Crippen LogP contribution in [0.1, 0.15) is 29.8 Å². The van der Waals surface area contributed by atoms with Gasteiger partial charge in [0.1, 0.15) is 11.6 Å². The number of fused-ring (bicyclic) bond motifs is 1. The van der Waals surface area contributed by atoms with Gasteiger partial charge in [-0.15, -0.1) is 0 Å². The predicted octanol–water partition coefficient (Wildman–Crippen LogP) is 5.36. The fraction of sp³-hybridized carbons (Fsp3) is 0.148. The molecule has 1 amide bonds. The molecule has 0 bridgehead atoms. The summed E-state index contributed by atoms with van der Waals surface area (Å²) < 4.78 is 13.3. The number of rotatable bonds is 7. The number of carbonyl (C=O) groups is 1. The Morgan fingerprint density at radius 1 is 1.06 bits per heavy atom. The predicted molar refractivity (Wildman–Crippen MR) is 134 cm³/mol. The van der Waals surface area contributed by atoms with E-state index in [2.05, 4.69) is 34.3 Å². The Morgan fingerprint density at radius 2 is 1.79 bits per heavy atom. The van der Waals surface area contributed by atoms with E-state index in [1.807, 2.05) is 30.3 Å². The molecule has 0 atom stereocenters. The molecule has 172 valence electrons. The Labute approximate surface area is 197 Å². The van der Waals surface area contributed by atoms with E-state index in [0.29, 0.717) is 33.3 Å². The molecule has 34 heavy (non-hydrogen) atoms. The minimum Gasteiger partial charge on any atom is -0.507 e. The van der Waals surface area contributed by atoms with Crippen LogP contribution in [0, 0.1) is 5.82 Å². The van der Waals surface area contributed by atoms with E-state index in [1.165, 1.54) is 18.3 Å². The molecule has 0 saturated heterocycles. The van der Waals surface area contributed by atoms with Gasteiger partial charge in [-0.2, -0.15) is 5.10 Å². The highest BCUT2D eigenvalue weighted by molar-refractivity contribution is 6.07. The Balaban J connectivity index is 1.59. The van der Waals surface area contributed by atoms with Crippen molar-refractivity contribution in [2.75, 3.05) is 18.0 Å². The molecule has 6 nitrogen and oxygen atoms in total. The summed E-state index contributed by atoms with van der Waals surface area (Å²) in [6, 6.07) is 20.3. The summed E-state index contributed by atoms with van der Waals surface area (Å²) >= 11 is 0. The van der Waals surface area contributed by atoms with E-state index in [0.717, 1.165) is 18.8 Å². The molecular weight excluding hydrogens is 431 g/mol. The molecule has 4 aromatic rings. The summed E-state index contributed by atoms with van der Waals surface area (Å²) in [5, 5.41) is 15.1. The molecule has 4 rings (SSSR count). The first-order valence-corrected chi connectivity index (χ1v) is 11.1. The fourth-order valence-corrected chi connectivity index (χ4v) is 3.78. The second-order valence-corrected chi connectivity index (χ2v) is 7.69. The van der Waals surface area contributed by atoms with Crippen molar-refractivity contribution in [1.82, 2.24) is 10.4 Å². The number of benzene rings is 3. The molecule has 1 aromatic heterocycles. The van der Waals surface area contributed by atoms with Crippen LogP contribution in [-0.4, -0.2) is 35.3 Å². The molecule has 0 aliphatic rings. The molecule has 0 saturated carbocycles. The SMILES string of the molecule is CCN(CC)c1ccc(C=NNC(=O)c2cc(-c3ccc(F)cc3)nc3ccccc23)c(O)c1. The number of aromatic nitrogens is 1. The number of aromatic hydroxyl groups is 1. The largest absolute Gasteiger partial charge is 0.507 e. The van der Waals surface area contributed by atoms with E-state index in [4.69, 9.17) is 0 Å². The molecular formula is C27H25FN4O2. The van der Waals surface area contributed by atoms with Gasteiger partial charge in [-0.05, 0) is 62.4 Å². The first kappa shape index (κ1) is 22.9. The Morgan fingerprint density at radius 3 is 2.50 bits per heavy atom. The van der Waals surface area contributed by atoms with Crippen LogP contribution in [0.4, 0.5) is 10.1 Å². The molecule has 0 fully saturated rings. The van der Waals surface area contributed by atoms with Gasteiger partial charge in [-0.3, -0.25) is 4.79 Å². The van der Waals surface area contributed by atoms with Crippen LogP contribution >= 0.6 is 0 Å². The van der Waals surface area contributed by atoms with Crippen molar-refractivity contribution in [2.24, 2.45) is 5.10 Å². The van der Waals surface area contributed by atoms with Crippen LogP contribution < -0.4 is 10.3 Å². The highest BCUT2D eigenvalue weighted by atomic mass is 19.1. The van der Waals surface area contributed by atoms with Gasteiger partial charge in [-0.1, -0.05) is 18.2 Å². The van der Waals surface area contributed by atoms with Crippen molar-refractivity contribution in [3.05, 3.63) is 89.7 Å². The molecule has 0 aliphatic heterocycles. The summed E-state index contributed by atoms with van der Waals surface area (Å²) in [6.07, 6.45) is 1.41. The van der Waals surface area contributed by atoms with Gasteiger partial charge in [-0.25, -0.2) is 14.8 Å². The topological polar surface area (TPSA) is 77.8 Å². The van der Waals surface area contributed by atoms with Crippen LogP contribution in [0.25, 0.3) is 22.2 Å². The number of phenols is 1. The number of hydrogen-bond donors (Lipinski definition) is 2. The van der Waals surface area contributed by atoms with E-state index < -0.39 is 5.91 Å². The van der Waals surface area contributed by atoms with Crippen molar-refractivity contribution in [2.45, 2.75) is 13.8 Å². The van der Waals surface area contributed by atoms with Gasteiger partial charge in [0.15, 0.2) is 0 Å². The van der Waals surface area contributed by atoms with Crippen molar-refractivity contribution in [1.29, 1.82) is 0 Å². The van der Waals surface area contributed by atoms with Crippen molar-refractivity contribution < 1.29 is 14.3 Å². The number of para-hydroxylation sites is 1. The minimum atomic E-state index is -0.419. The molecule has 3 aromatic carbocycles. The first-order valence-electron chi connectivity index (χ1n) is 11.1. The van der Waals surface area contributed by atoms with Crippen molar-refractivity contribution in [3.63, 3.8) is 0 Å². The number of phenolic OH excluding ortho intramolecular Hbond substituents is 1. The molecule has 0 aliphatic carbocycles. The monoisotopic (exact) mass is 456 g/mol. The number of anilines is 1. The maximum absolute atomic E-state index is 13.3. The van der Waals surface area contributed by atoms with Gasteiger partial charge >= 0.3 is 0 Å². The molecule has 7 heteroatoms. The van der Waals surface area contributed by atoms with E-state index in [9.17, 15) is 14.3 Å². The van der Waals surface area contributed by atoms with Crippen LogP contribution in [0.5, 0.6) is 5.75 Å². The van der Waals surface area contributed by atoms with Crippen LogP contribution in [0.3, 0.4) is 0 Å². The molecule has 0 radical (unpaired) electrons. The number of hydrazone groups is 1. The van der Waals surface area contributed by atoms with Crippen LogP contribution in [0.15, 0.2) is 77.9 Å². The summed E-state index contributed by atoms with van der Waals surface area (Å²) in [5.74, 6) is -0.682. The van der Waals surface area contributed by atoms with Gasteiger partial charge in [0.2, 0.25) is 0 Å². The van der Waals surface area contributed by atoms with E-state index >= 15 is 0 Å². The summed E-state index contributed by atoms with van der Waals surface area (Å²) in [5.41, 5.74) is 6.23. The van der Waals surface area contributed by atoms with Gasteiger partial charge in [0, 0.05) is 41.4 Å². The molecule has 0 spiro atoms. The zero-order valence-corrected chi connectivity index (χ0v) is 19.0. The molecule has 0 unspecified atom stereocenters. The van der Waals surface area contributed by atoms with E-state index in [1.54, 1.807) is 30.3 Å². The number of halogens is 1. The summed E-state index contributed by atoms with van der Waals surface area (Å²) in [6.45, 7) is 5.77. The summed E-state index contributed by atoms with van der Waals surface area (Å²) in [4.78, 5) is 19.7. The third kappa shape index (κ3) is 4.88. The zero-order chi connectivity index (χ0) is 24.1. The number of carbonyl (C=O) groups excluding carboxylic acids is 1. The standard InChI is InChI=1S/C27H25FN4O2/c1-3-32(4-2)21-14-11-19(26(33)15-21)17-29-31-27(34)23-16-25(18-9-12-20(28)13-10-18)30-24-8-6-5-7-22(23)24/h5-17,33H,3-4H2,1-2H3,(H,31,34). The van der Waals surface area contributed by atoms with Gasteiger partial charge in [0.25, 0.3) is 5.91 Å². The lowest BCUT2D eigenvalue weighted by molar-refractivity contribution is 0.0956. The first-order chi connectivity index (χ1) is 16.5. The van der Waals surface area contributed by atoms with Crippen LogP contribution in [-0.2, 0) is 0 Å². The second-order valence-electron chi connectivity index (χ2n) is 7.69. The molecule has 2 N–H and O–H groups in total. The number of nitrogens with zero attached hydrogens (tertiary/aromatic N) is 3. The average Bonchev–Trinajstić information content (AvgIpc) is 2.85. The lowest BCUT2D eigenvalue weighted by Crippen LogP contribution is -2.21. The number of amides is 1. The van der Waals surface area contributed by atoms with Gasteiger partial charge in [0.05, 0.1) is 23.0 Å². The van der Waals surface area contributed by atoms with Crippen LogP contribution in [0.2, 0.25) is 0 Å². The zero-order valence-electron chi connectivity index (χ0n) is 19.0. The highest BCUT2D eigenvalue weighted by Crippen LogP contribution is 2.26. The fourth-order valence-electron chi connectivity index (χ4n) is 3.78. The average molecular weight is 457 g/mol. The summed E-state index contributed by atoms with van der Waals surface area (Å²) in [7, 11) is 0. The highest BCUT2D eigenvalue weighted by Gasteiger charge is 2.14. The van der Waals surface area contributed by atoms with Crippen molar-refractivity contribution in [3.8, 4) is 17.0 Å². The lowest BCUT2D eigenvalue weighted by atomic mass is 10.0. The number of hydrogen-bond acceptors (Lipinski definition) is 5. The number of pyridine rings is 1. The normalized spacial score (nSPS) is 11.1. The Kier molecular flexibility index (Phi) is 6.82. The molecule has 1 heterocycles. The maximum atomic E-state index is 13.3. The third-order valence-electron chi connectivity index (χ3n) is 5.61.